The Morgan fingerprint density at radius 1 is 1.18 bits per heavy atom. The summed E-state index contributed by atoms with van der Waals surface area (Å²) in [5, 5.41) is 9.38. The fourth-order valence-corrected chi connectivity index (χ4v) is 4.45. The second kappa shape index (κ2) is 8.66. The van der Waals surface area contributed by atoms with Crippen molar-refractivity contribution in [1.29, 1.82) is 0 Å². The van der Waals surface area contributed by atoms with Crippen LogP contribution in [-0.4, -0.2) is 63.4 Å². The maximum absolute atomic E-state index is 14.2. The first-order valence-corrected chi connectivity index (χ1v) is 11.1. The maximum Gasteiger partial charge on any atom is 0.187 e. The number of nitrogens with zero attached hydrogens (tertiary/aromatic N) is 5. The molecule has 4 heterocycles. The molecule has 1 aliphatic rings. The van der Waals surface area contributed by atoms with E-state index in [-0.39, 0.29) is 23.9 Å². The summed E-state index contributed by atoms with van der Waals surface area (Å²) in [4.78, 5) is 7.04. The van der Waals surface area contributed by atoms with E-state index < -0.39 is 5.82 Å². The van der Waals surface area contributed by atoms with Crippen LogP contribution < -0.4 is 10.5 Å². The highest BCUT2D eigenvalue weighted by atomic mass is 19.1. The van der Waals surface area contributed by atoms with Crippen LogP contribution in [0.4, 0.5) is 4.39 Å². The number of aromatic nitrogens is 4. The number of fused-ring (bicyclic) bond motifs is 2. The summed E-state index contributed by atoms with van der Waals surface area (Å²) in [5.74, 6) is 0.411. The molecular formula is C24H27FN6O2. The van der Waals surface area contributed by atoms with E-state index in [1.165, 1.54) is 6.07 Å². The summed E-state index contributed by atoms with van der Waals surface area (Å²) in [6.07, 6.45) is 2.08. The topological polar surface area (TPSA) is 90.8 Å². The molecule has 0 unspecified atom stereocenters. The number of halogens is 1. The van der Waals surface area contributed by atoms with Crippen molar-refractivity contribution in [2.45, 2.75) is 32.0 Å². The van der Waals surface area contributed by atoms with E-state index in [1.807, 2.05) is 35.7 Å². The highest BCUT2D eigenvalue weighted by Crippen LogP contribution is 2.29. The van der Waals surface area contributed by atoms with Crippen LogP contribution in [0.1, 0.15) is 25.5 Å². The van der Waals surface area contributed by atoms with Crippen LogP contribution in [-0.2, 0) is 4.74 Å². The van der Waals surface area contributed by atoms with Crippen LogP contribution in [0.5, 0.6) is 5.75 Å². The average molecular weight is 451 g/mol. The second-order valence-electron chi connectivity index (χ2n) is 8.39. The fraction of sp³-hybridized carbons (Fsp3) is 0.375. The SMILES string of the molecule is CCOc1cc2nc(-c3nnc4ccc([C@H](C)N5C[C@@H](N)[C@H](OC)C5)cn34)ccc2cc1F. The molecule has 1 fully saturated rings. The number of rotatable bonds is 6. The van der Waals surface area contributed by atoms with E-state index in [1.54, 1.807) is 13.2 Å². The van der Waals surface area contributed by atoms with Gasteiger partial charge in [-0.2, -0.15) is 0 Å². The zero-order valence-corrected chi connectivity index (χ0v) is 18.9. The summed E-state index contributed by atoms with van der Waals surface area (Å²) in [6, 6.07) is 10.9. The molecule has 0 saturated carbocycles. The molecule has 3 aromatic heterocycles. The molecule has 2 N–H and O–H groups in total. The molecule has 0 amide bonds. The van der Waals surface area contributed by atoms with E-state index in [2.05, 4.69) is 28.1 Å². The molecule has 8 nitrogen and oxygen atoms in total. The van der Waals surface area contributed by atoms with Crippen LogP contribution in [0, 0.1) is 5.82 Å². The highest BCUT2D eigenvalue weighted by molar-refractivity contribution is 5.82. The fourth-order valence-electron chi connectivity index (χ4n) is 4.45. The van der Waals surface area contributed by atoms with Gasteiger partial charge in [0.1, 0.15) is 5.69 Å². The lowest BCUT2D eigenvalue weighted by Crippen LogP contribution is -2.34. The molecule has 0 aliphatic carbocycles. The molecule has 5 rings (SSSR count). The lowest BCUT2D eigenvalue weighted by molar-refractivity contribution is 0.0940. The average Bonchev–Trinajstić information content (AvgIpc) is 3.41. The van der Waals surface area contributed by atoms with Gasteiger partial charge in [-0.25, -0.2) is 9.37 Å². The number of hydrogen-bond acceptors (Lipinski definition) is 7. The molecule has 0 radical (unpaired) electrons. The van der Waals surface area contributed by atoms with Gasteiger partial charge in [-0.1, -0.05) is 12.1 Å². The van der Waals surface area contributed by atoms with Crippen molar-refractivity contribution < 1.29 is 13.9 Å². The van der Waals surface area contributed by atoms with Gasteiger partial charge in [0.25, 0.3) is 0 Å². The quantitative estimate of drug-likeness (QED) is 0.482. The molecular weight excluding hydrogens is 423 g/mol. The Morgan fingerprint density at radius 2 is 2.03 bits per heavy atom. The van der Waals surface area contributed by atoms with Gasteiger partial charge in [-0.3, -0.25) is 9.30 Å². The van der Waals surface area contributed by atoms with Crippen molar-refractivity contribution >= 4 is 16.6 Å². The third-order valence-corrected chi connectivity index (χ3v) is 6.37. The van der Waals surface area contributed by atoms with Gasteiger partial charge in [0.05, 0.1) is 18.2 Å². The monoisotopic (exact) mass is 450 g/mol. The predicted molar refractivity (Wildman–Crippen MR) is 124 cm³/mol. The minimum absolute atomic E-state index is 0.000121. The Balaban J connectivity index is 1.51. The summed E-state index contributed by atoms with van der Waals surface area (Å²) >= 11 is 0. The van der Waals surface area contributed by atoms with Crippen molar-refractivity contribution in [3.8, 4) is 17.3 Å². The number of benzene rings is 1. The zero-order valence-electron chi connectivity index (χ0n) is 18.9. The van der Waals surface area contributed by atoms with Crippen LogP contribution in [0.15, 0.2) is 42.6 Å². The van der Waals surface area contributed by atoms with Crippen LogP contribution in [0.25, 0.3) is 28.1 Å². The highest BCUT2D eigenvalue weighted by Gasteiger charge is 2.33. The van der Waals surface area contributed by atoms with Crippen molar-refractivity contribution in [1.82, 2.24) is 24.5 Å². The van der Waals surface area contributed by atoms with Crippen molar-refractivity contribution in [3.63, 3.8) is 0 Å². The van der Waals surface area contributed by atoms with Crippen LogP contribution in [0.2, 0.25) is 0 Å². The molecule has 1 saturated heterocycles. The van der Waals surface area contributed by atoms with Gasteiger partial charge >= 0.3 is 0 Å². The van der Waals surface area contributed by atoms with Gasteiger partial charge < -0.3 is 15.2 Å². The predicted octanol–water partition coefficient (Wildman–Crippen LogP) is 3.20. The molecule has 0 spiro atoms. The maximum atomic E-state index is 14.2. The lowest BCUT2D eigenvalue weighted by atomic mass is 10.1. The summed E-state index contributed by atoms with van der Waals surface area (Å²) in [6.45, 7) is 5.92. The number of ether oxygens (including phenoxy) is 2. The summed E-state index contributed by atoms with van der Waals surface area (Å²) in [5.41, 5.74) is 9.35. The van der Waals surface area contributed by atoms with Crippen molar-refractivity contribution in [3.05, 3.63) is 54.0 Å². The normalized spacial score (nSPS) is 20.0. The van der Waals surface area contributed by atoms with Crippen LogP contribution >= 0.6 is 0 Å². The first-order valence-electron chi connectivity index (χ1n) is 11.1. The number of nitrogens with two attached hydrogens (primary N) is 1. The smallest absolute Gasteiger partial charge is 0.187 e. The minimum atomic E-state index is -0.400. The Hall–Kier alpha value is -3.14. The van der Waals surface area contributed by atoms with E-state index in [0.29, 0.717) is 29.0 Å². The number of hydrogen-bond donors (Lipinski definition) is 1. The molecule has 33 heavy (non-hydrogen) atoms. The number of pyridine rings is 2. The molecule has 1 aromatic carbocycles. The Bertz CT molecular complexity index is 1310. The summed E-state index contributed by atoms with van der Waals surface area (Å²) < 4.78 is 27.0. The molecule has 172 valence electrons. The molecule has 4 aromatic rings. The van der Waals surface area contributed by atoms with E-state index >= 15 is 0 Å². The van der Waals surface area contributed by atoms with E-state index in [4.69, 9.17) is 20.2 Å². The van der Waals surface area contributed by atoms with E-state index in [9.17, 15) is 4.39 Å². The number of likely N-dealkylation sites (tertiary alicyclic amines) is 1. The summed E-state index contributed by atoms with van der Waals surface area (Å²) in [7, 11) is 1.70. The van der Waals surface area contributed by atoms with Crippen molar-refractivity contribution in [2.75, 3.05) is 26.8 Å². The first-order chi connectivity index (χ1) is 16.0. The minimum Gasteiger partial charge on any atom is -0.491 e. The zero-order chi connectivity index (χ0) is 23.1. The first kappa shape index (κ1) is 21.7. The Labute approximate surface area is 191 Å². The van der Waals surface area contributed by atoms with Crippen LogP contribution in [0.3, 0.4) is 0 Å². The molecule has 1 aliphatic heterocycles. The second-order valence-corrected chi connectivity index (χ2v) is 8.39. The molecule has 0 bridgehead atoms. The van der Waals surface area contributed by atoms with Gasteiger partial charge in [-0.15, -0.1) is 10.2 Å². The largest absolute Gasteiger partial charge is 0.491 e. The Morgan fingerprint density at radius 3 is 2.79 bits per heavy atom. The number of methoxy groups -OCH3 is 1. The molecule has 9 heteroatoms. The molecule has 3 atom stereocenters. The van der Waals surface area contributed by atoms with Gasteiger partial charge in [0.15, 0.2) is 23.0 Å². The van der Waals surface area contributed by atoms with Gasteiger partial charge in [0.2, 0.25) is 0 Å². The lowest BCUT2D eigenvalue weighted by Gasteiger charge is -2.24. The standard InChI is InChI=1S/C24H27FN6O2/c1-4-33-21-10-20-15(9-17(21)25)5-7-19(27-20)24-29-28-23-8-6-16(11-31(23)24)14(2)30-12-18(26)22(13-30)32-3/h5-11,14,18,22H,4,12-13,26H2,1-3H3/t14-,18+,22+/m0/s1. The third-order valence-electron chi connectivity index (χ3n) is 6.37. The van der Waals surface area contributed by atoms with E-state index in [0.717, 1.165) is 24.3 Å². The van der Waals surface area contributed by atoms with Gasteiger partial charge in [-0.05, 0) is 37.6 Å². The van der Waals surface area contributed by atoms with Crippen molar-refractivity contribution in [2.24, 2.45) is 5.73 Å². The van der Waals surface area contributed by atoms with Gasteiger partial charge in [0, 0.05) is 49.9 Å². The third kappa shape index (κ3) is 3.92. The Kier molecular flexibility index (Phi) is 5.69.